The van der Waals surface area contributed by atoms with E-state index in [2.05, 4.69) is 10.1 Å². The lowest BCUT2D eigenvalue weighted by atomic mass is 10.2. The van der Waals surface area contributed by atoms with Crippen LogP contribution in [-0.2, 0) is 14.3 Å². The fraction of sp³-hybridized carbons (Fsp3) is 0.118. The number of carbonyl (C=O) groups is 3. The first kappa shape index (κ1) is 18.8. The number of hydrogen-bond donors (Lipinski definition) is 1. The van der Waals surface area contributed by atoms with Crippen LogP contribution in [0.5, 0.6) is 0 Å². The number of methoxy groups -OCH3 is 1. The molecule has 0 aromatic heterocycles. The third-order valence-electron chi connectivity index (χ3n) is 3.04. The molecule has 0 atom stereocenters. The highest BCUT2D eigenvalue weighted by molar-refractivity contribution is 6.35. The van der Waals surface area contributed by atoms with E-state index >= 15 is 0 Å². The number of benzene rings is 2. The molecular formula is C17H13Cl2NO5. The van der Waals surface area contributed by atoms with Crippen molar-refractivity contribution in [2.45, 2.75) is 0 Å². The molecule has 1 N–H and O–H groups in total. The van der Waals surface area contributed by atoms with Crippen molar-refractivity contribution in [3.8, 4) is 0 Å². The number of halogens is 2. The topological polar surface area (TPSA) is 81.7 Å². The molecule has 0 radical (unpaired) electrons. The maximum Gasteiger partial charge on any atom is 0.339 e. The van der Waals surface area contributed by atoms with Crippen LogP contribution in [0, 0.1) is 0 Å². The molecule has 0 fully saturated rings. The van der Waals surface area contributed by atoms with Gasteiger partial charge >= 0.3 is 11.9 Å². The van der Waals surface area contributed by atoms with E-state index in [9.17, 15) is 14.4 Å². The van der Waals surface area contributed by atoms with Gasteiger partial charge in [0.15, 0.2) is 6.61 Å². The van der Waals surface area contributed by atoms with Gasteiger partial charge in [0.25, 0.3) is 5.91 Å². The minimum Gasteiger partial charge on any atom is -0.465 e. The van der Waals surface area contributed by atoms with Crippen LogP contribution >= 0.6 is 23.2 Å². The van der Waals surface area contributed by atoms with Crippen molar-refractivity contribution in [1.29, 1.82) is 0 Å². The smallest absolute Gasteiger partial charge is 0.339 e. The van der Waals surface area contributed by atoms with Gasteiger partial charge in [0.2, 0.25) is 0 Å². The van der Waals surface area contributed by atoms with Gasteiger partial charge in [-0.3, -0.25) is 4.79 Å². The summed E-state index contributed by atoms with van der Waals surface area (Å²) in [5.41, 5.74) is 0.563. The molecular weight excluding hydrogens is 369 g/mol. The molecule has 0 saturated carbocycles. The van der Waals surface area contributed by atoms with Crippen LogP contribution in [0.4, 0.5) is 5.69 Å². The number of para-hydroxylation sites is 1. The van der Waals surface area contributed by atoms with Gasteiger partial charge in [0.1, 0.15) is 0 Å². The summed E-state index contributed by atoms with van der Waals surface area (Å²) in [4.78, 5) is 35.5. The van der Waals surface area contributed by atoms with Crippen LogP contribution in [0.25, 0.3) is 0 Å². The van der Waals surface area contributed by atoms with Crippen LogP contribution in [0.2, 0.25) is 10.0 Å². The van der Waals surface area contributed by atoms with Crippen molar-refractivity contribution in [1.82, 2.24) is 0 Å². The second-order valence-corrected chi connectivity index (χ2v) is 5.69. The average molecular weight is 382 g/mol. The Morgan fingerprint density at radius 3 is 2.28 bits per heavy atom. The minimum atomic E-state index is -0.749. The van der Waals surface area contributed by atoms with Crippen LogP contribution in [0.1, 0.15) is 20.7 Å². The molecule has 130 valence electrons. The third kappa shape index (κ3) is 5.20. The quantitative estimate of drug-likeness (QED) is 0.800. The number of esters is 2. The molecule has 25 heavy (non-hydrogen) atoms. The number of amides is 1. The standard InChI is InChI=1S/C17H13Cl2NO5/c1-24-17(23)13-4-2-3-5-14(13)20-15(21)9-25-16(22)10-6-11(18)8-12(19)7-10/h2-8H,9H2,1H3,(H,20,21). The summed E-state index contributed by atoms with van der Waals surface area (Å²) in [5.74, 6) is -1.96. The normalized spacial score (nSPS) is 10.0. The van der Waals surface area contributed by atoms with Crippen LogP contribution in [-0.4, -0.2) is 31.6 Å². The highest BCUT2D eigenvalue weighted by Gasteiger charge is 2.15. The highest BCUT2D eigenvalue weighted by atomic mass is 35.5. The van der Waals surface area contributed by atoms with E-state index in [0.29, 0.717) is 0 Å². The summed E-state index contributed by atoms with van der Waals surface area (Å²) in [6, 6.07) is 10.5. The maximum atomic E-state index is 12.0. The molecule has 2 aromatic carbocycles. The predicted molar refractivity (Wildman–Crippen MR) is 93.2 cm³/mol. The summed E-state index contributed by atoms with van der Waals surface area (Å²) < 4.78 is 9.55. The number of hydrogen-bond acceptors (Lipinski definition) is 5. The van der Waals surface area contributed by atoms with Gasteiger partial charge in [-0.1, -0.05) is 35.3 Å². The van der Waals surface area contributed by atoms with Crippen LogP contribution in [0.3, 0.4) is 0 Å². The summed E-state index contributed by atoms with van der Waals surface area (Å²) in [6.07, 6.45) is 0. The Morgan fingerprint density at radius 2 is 1.64 bits per heavy atom. The van der Waals surface area contributed by atoms with E-state index in [-0.39, 0.29) is 26.9 Å². The molecule has 0 aliphatic heterocycles. The van der Waals surface area contributed by atoms with Crippen molar-refractivity contribution in [2.24, 2.45) is 0 Å². The van der Waals surface area contributed by atoms with E-state index in [1.54, 1.807) is 12.1 Å². The Bertz CT molecular complexity index is 802. The van der Waals surface area contributed by atoms with E-state index in [1.165, 1.54) is 37.4 Å². The molecule has 2 rings (SSSR count). The molecule has 1 amide bonds. The van der Waals surface area contributed by atoms with E-state index in [1.807, 2.05) is 0 Å². The van der Waals surface area contributed by atoms with Crippen molar-refractivity contribution < 1.29 is 23.9 Å². The molecule has 2 aromatic rings. The molecule has 0 saturated heterocycles. The number of anilines is 1. The minimum absolute atomic E-state index is 0.125. The Balaban J connectivity index is 1.99. The first-order valence-corrected chi connectivity index (χ1v) is 7.76. The molecule has 0 unspecified atom stereocenters. The van der Waals surface area contributed by atoms with E-state index in [0.717, 1.165) is 0 Å². The van der Waals surface area contributed by atoms with Gasteiger partial charge in [0.05, 0.1) is 23.9 Å². The second-order valence-electron chi connectivity index (χ2n) is 4.82. The summed E-state index contributed by atoms with van der Waals surface area (Å²) in [7, 11) is 1.23. The molecule has 0 heterocycles. The molecule has 0 aliphatic carbocycles. The van der Waals surface area contributed by atoms with Crippen molar-refractivity contribution >= 4 is 46.7 Å². The molecule has 6 nitrogen and oxygen atoms in total. The SMILES string of the molecule is COC(=O)c1ccccc1NC(=O)COC(=O)c1cc(Cl)cc(Cl)c1. The molecule has 0 aliphatic rings. The monoisotopic (exact) mass is 381 g/mol. The summed E-state index contributed by atoms with van der Waals surface area (Å²) >= 11 is 11.6. The first-order chi connectivity index (χ1) is 11.9. The molecule has 8 heteroatoms. The fourth-order valence-corrected chi connectivity index (χ4v) is 2.48. The lowest BCUT2D eigenvalue weighted by molar-refractivity contribution is -0.119. The zero-order valence-corrected chi connectivity index (χ0v) is 14.6. The van der Waals surface area contributed by atoms with E-state index < -0.39 is 24.5 Å². The lowest BCUT2D eigenvalue weighted by Gasteiger charge is -2.10. The van der Waals surface area contributed by atoms with Gasteiger partial charge in [-0.25, -0.2) is 9.59 Å². The van der Waals surface area contributed by atoms with Crippen LogP contribution < -0.4 is 5.32 Å². The first-order valence-electron chi connectivity index (χ1n) is 7.01. The Hall–Kier alpha value is -2.57. The molecule has 0 bridgehead atoms. The number of carbonyl (C=O) groups excluding carboxylic acids is 3. The predicted octanol–water partition coefficient (Wildman–Crippen LogP) is 3.58. The fourth-order valence-electron chi connectivity index (χ4n) is 1.95. The molecule has 0 spiro atoms. The summed E-state index contributed by atoms with van der Waals surface area (Å²) in [5, 5.41) is 3.03. The van der Waals surface area contributed by atoms with E-state index in [4.69, 9.17) is 27.9 Å². The zero-order valence-electron chi connectivity index (χ0n) is 13.0. The largest absolute Gasteiger partial charge is 0.465 e. The Labute approximate surface area is 153 Å². The Morgan fingerprint density at radius 1 is 1.00 bits per heavy atom. The van der Waals surface area contributed by atoms with Crippen LogP contribution in [0.15, 0.2) is 42.5 Å². The van der Waals surface area contributed by atoms with Gasteiger partial charge in [-0.15, -0.1) is 0 Å². The highest BCUT2D eigenvalue weighted by Crippen LogP contribution is 2.20. The maximum absolute atomic E-state index is 12.0. The van der Waals surface area contributed by atoms with Gasteiger partial charge < -0.3 is 14.8 Å². The number of ether oxygens (including phenoxy) is 2. The van der Waals surface area contributed by atoms with Gasteiger partial charge in [-0.2, -0.15) is 0 Å². The number of rotatable bonds is 5. The second kappa shape index (κ2) is 8.50. The van der Waals surface area contributed by atoms with Gasteiger partial charge in [-0.05, 0) is 30.3 Å². The number of nitrogens with one attached hydrogen (secondary N) is 1. The van der Waals surface area contributed by atoms with Gasteiger partial charge in [0, 0.05) is 10.0 Å². The van der Waals surface area contributed by atoms with Crippen molar-refractivity contribution in [3.63, 3.8) is 0 Å². The third-order valence-corrected chi connectivity index (χ3v) is 3.48. The lowest BCUT2D eigenvalue weighted by Crippen LogP contribution is -2.22. The van der Waals surface area contributed by atoms with Crippen molar-refractivity contribution in [3.05, 3.63) is 63.6 Å². The average Bonchev–Trinajstić information content (AvgIpc) is 2.58. The zero-order chi connectivity index (χ0) is 18.4. The Kier molecular flexibility index (Phi) is 6.38. The van der Waals surface area contributed by atoms with Crippen molar-refractivity contribution in [2.75, 3.05) is 19.0 Å². The summed E-state index contributed by atoms with van der Waals surface area (Å²) in [6.45, 7) is -0.543.